The van der Waals surface area contributed by atoms with Gasteiger partial charge in [-0.15, -0.1) is 0 Å². The fraction of sp³-hybridized carbons (Fsp3) is 0.333. The fourth-order valence-corrected chi connectivity index (χ4v) is 4.35. The topological polar surface area (TPSA) is 70.1 Å². The van der Waals surface area contributed by atoms with Crippen molar-refractivity contribution in [2.24, 2.45) is 0 Å². The molecule has 0 aromatic heterocycles. The molecule has 2 aliphatic rings. The van der Waals surface area contributed by atoms with Crippen LogP contribution >= 0.6 is 0 Å². The van der Waals surface area contributed by atoms with Crippen molar-refractivity contribution in [1.29, 1.82) is 0 Å². The van der Waals surface area contributed by atoms with Gasteiger partial charge in [0, 0.05) is 30.5 Å². The first-order valence-electron chi connectivity index (χ1n) is 9.95. The van der Waals surface area contributed by atoms with Crippen LogP contribution in [0.15, 0.2) is 48.5 Å². The van der Waals surface area contributed by atoms with Gasteiger partial charge in [-0.2, -0.15) is 0 Å². The standard InChI is InChI=1S/C24H24N2O4/c1-16(28)25-13-21-24(22(15-27)26(21)23(29)14-25)19-9-5-17(6-10-19)3-4-18-7-11-20(30-2)12-8-18/h5-12,21-22,24,27H,13-15H2,1-2H3/t21-,22-,24+/m0/s1. The lowest BCUT2D eigenvalue weighted by Crippen LogP contribution is -2.73. The Balaban J connectivity index is 1.51. The number of fused-ring (bicyclic) bond motifs is 1. The maximum atomic E-state index is 12.4. The van der Waals surface area contributed by atoms with Crippen LogP contribution in [0.5, 0.6) is 5.75 Å². The molecule has 0 radical (unpaired) electrons. The molecule has 3 atom stereocenters. The van der Waals surface area contributed by atoms with E-state index in [0.29, 0.717) is 6.54 Å². The summed E-state index contributed by atoms with van der Waals surface area (Å²) in [6.45, 7) is 1.98. The third kappa shape index (κ3) is 3.64. The van der Waals surface area contributed by atoms with Gasteiger partial charge in [-0.3, -0.25) is 9.59 Å². The van der Waals surface area contributed by atoms with Crippen LogP contribution in [0.2, 0.25) is 0 Å². The van der Waals surface area contributed by atoms with Gasteiger partial charge in [0.15, 0.2) is 0 Å². The highest BCUT2D eigenvalue weighted by molar-refractivity contribution is 5.87. The third-order valence-electron chi connectivity index (χ3n) is 5.93. The quantitative estimate of drug-likeness (QED) is 0.790. The second-order valence-corrected chi connectivity index (χ2v) is 7.64. The number of carbonyl (C=O) groups excluding carboxylic acids is 2. The summed E-state index contributed by atoms with van der Waals surface area (Å²) in [5, 5.41) is 9.85. The average molecular weight is 404 g/mol. The molecule has 2 aliphatic heterocycles. The summed E-state index contributed by atoms with van der Waals surface area (Å²) in [4.78, 5) is 27.5. The number of nitrogens with zero attached hydrogens (tertiary/aromatic N) is 2. The lowest BCUT2D eigenvalue weighted by Gasteiger charge is -2.58. The Morgan fingerprint density at radius 3 is 2.23 bits per heavy atom. The molecule has 2 aromatic carbocycles. The van der Waals surface area contributed by atoms with Crippen LogP contribution in [0, 0.1) is 11.8 Å². The van der Waals surface area contributed by atoms with E-state index < -0.39 is 0 Å². The van der Waals surface area contributed by atoms with Crippen LogP contribution < -0.4 is 4.74 Å². The molecular formula is C24H24N2O4. The highest BCUT2D eigenvalue weighted by Crippen LogP contribution is 2.42. The van der Waals surface area contributed by atoms with Crippen molar-refractivity contribution in [3.05, 3.63) is 65.2 Å². The number of piperazine rings is 1. The molecule has 2 fully saturated rings. The third-order valence-corrected chi connectivity index (χ3v) is 5.93. The monoisotopic (exact) mass is 404 g/mol. The van der Waals surface area contributed by atoms with Gasteiger partial charge in [-0.25, -0.2) is 0 Å². The first kappa shape index (κ1) is 20.0. The minimum absolute atomic E-state index is 0.00435. The summed E-state index contributed by atoms with van der Waals surface area (Å²) in [5.41, 5.74) is 2.83. The molecule has 1 N–H and O–H groups in total. The average Bonchev–Trinajstić information content (AvgIpc) is 2.74. The van der Waals surface area contributed by atoms with Gasteiger partial charge >= 0.3 is 0 Å². The normalized spacial score (nSPS) is 22.5. The summed E-state index contributed by atoms with van der Waals surface area (Å²) >= 11 is 0. The van der Waals surface area contributed by atoms with Gasteiger partial charge in [-0.1, -0.05) is 24.0 Å². The van der Waals surface area contributed by atoms with Gasteiger partial charge in [0.05, 0.1) is 32.3 Å². The van der Waals surface area contributed by atoms with Crippen molar-refractivity contribution < 1.29 is 19.4 Å². The lowest BCUT2D eigenvalue weighted by molar-refractivity contribution is -0.166. The van der Waals surface area contributed by atoms with Crippen LogP contribution in [-0.2, 0) is 9.59 Å². The summed E-state index contributed by atoms with van der Waals surface area (Å²) in [6, 6.07) is 15.1. The van der Waals surface area contributed by atoms with Gasteiger partial charge < -0.3 is 19.6 Å². The van der Waals surface area contributed by atoms with Crippen molar-refractivity contribution >= 4 is 11.8 Å². The maximum Gasteiger partial charge on any atom is 0.242 e. The summed E-state index contributed by atoms with van der Waals surface area (Å²) in [5.74, 6) is 6.89. The number of carbonyl (C=O) groups is 2. The molecule has 2 amide bonds. The number of hydrogen-bond donors (Lipinski definition) is 1. The van der Waals surface area contributed by atoms with Gasteiger partial charge in [0.25, 0.3) is 0 Å². The number of rotatable bonds is 3. The van der Waals surface area contributed by atoms with E-state index in [-0.39, 0.29) is 43.0 Å². The first-order chi connectivity index (χ1) is 14.5. The second-order valence-electron chi connectivity index (χ2n) is 7.64. The number of hydrogen-bond acceptors (Lipinski definition) is 4. The van der Waals surface area contributed by atoms with Crippen molar-refractivity contribution in [2.45, 2.75) is 24.9 Å². The van der Waals surface area contributed by atoms with Gasteiger partial charge in [0.2, 0.25) is 11.8 Å². The molecule has 6 nitrogen and oxygen atoms in total. The molecule has 2 heterocycles. The zero-order valence-electron chi connectivity index (χ0n) is 17.0. The van der Waals surface area contributed by atoms with E-state index in [9.17, 15) is 14.7 Å². The molecule has 30 heavy (non-hydrogen) atoms. The van der Waals surface area contributed by atoms with Crippen molar-refractivity contribution in [3.63, 3.8) is 0 Å². The molecule has 6 heteroatoms. The Kier molecular flexibility index (Phi) is 5.47. The molecule has 0 unspecified atom stereocenters. The SMILES string of the molecule is COc1ccc(C#Cc2ccc([C@H]3[C@H](CO)N4C(=O)CN(C(C)=O)C[C@@H]34)cc2)cc1. The zero-order valence-corrected chi connectivity index (χ0v) is 17.0. The highest BCUT2D eigenvalue weighted by atomic mass is 16.5. The Hall–Kier alpha value is -3.30. The van der Waals surface area contributed by atoms with Crippen LogP contribution in [-0.4, -0.2) is 65.6 Å². The molecule has 154 valence electrons. The Labute approximate surface area is 176 Å². The number of benzene rings is 2. The van der Waals surface area contributed by atoms with Crippen molar-refractivity contribution in [1.82, 2.24) is 9.80 Å². The van der Waals surface area contributed by atoms with E-state index in [1.165, 1.54) is 6.92 Å². The Bertz CT molecular complexity index is 1000. The van der Waals surface area contributed by atoms with Crippen LogP contribution in [0.25, 0.3) is 0 Å². The second kappa shape index (κ2) is 8.21. The predicted molar refractivity (Wildman–Crippen MR) is 112 cm³/mol. The largest absolute Gasteiger partial charge is 0.497 e. The predicted octanol–water partition coefficient (Wildman–Crippen LogP) is 1.61. The molecule has 2 saturated heterocycles. The zero-order chi connectivity index (χ0) is 21.3. The smallest absolute Gasteiger partial charge is 0.242 e. The minimum atomic E-state index is -0.243. The molecule has 0 bridgehead atoms. The van der Waals surface area contributed by atoms with Crippen LogP contribution in [0.3, 0.4) is 0 Å². The van der Waals surface area contributed by atoms with Gasteiger partial charge in [-0.05, 0) is 42.0 Å². The highest BCUT2D eigenvalue weighted by Gasteiger charge is 2.54. The van der Waals surface area contributed by atoms with Gasteiger partial charge in [0.1, 0.15) is 5.75 Å². The van der Waals surface area contributed by atoms with E-state index in [2.05, 4.69) is 11.8 Å². The molecule has 0 aliphatic carbocycles. The summed E-state index contributed by atoms with van der Waals surface area (Å²) in [7, 11) is 1.63. The van der Waals surface area contributed by atoms with Crippen LogP contribution in [0.1, 0.15) is 29.5 Å². The van der Waals surface area contributed by atoms with E-state index in [4.69, 9.17) is 4.74 Å². The number of aliphatic hydroxyl groups is 1. The first-order valence-corrected chi connectivity index (χ1v) is 9.95. The van der Waals surface area contributed by atoms with E-state index in [1.807, 2.05) is 48.5 Å². The van der Waals surface area contributed by atoms with E-state index >= 15 is 0 Å². The fourth-order valence-electron chi connectivity index (χ4n) is 4.35. The molecule has 2 aromatic rings. The Morgan fingerprint density at radius 2 is 1.70 bits per heavy atom. The lowest BCUT2D eigenvalue weighted by atomic mass is 9.73. The number of aliphatic hydroxyl groups excluding tert-OH is 1. The molecule has 0 spiro atoms. The van der Waals surface area contributed by atoms with E-state index in [0.717, 1.165) is 22.4 Å². The number of methoxy groups -OCH3 is 1. The maximum absolute atomic E-state index is 12.4. The minimum Gasteiger partial charge on any atom is -0.497 e. The molecule has 4 rings (SSSR count). The van der Waals surface area contributed by atoms with Crippen molar-refractivity contribution in [3.8, 4) is 17.6 Å². The molecule has 0 saturated carbocycles. The summed E-state index contributed by atoms with van der Waals surface area (Å²) < 4.78 is 5.15. The number of ether oxygens (including phenoxy) is 1. The number of amides is 2. The van der Waals surface area contributed by atoms with Crippen molar-refractivity contribution in [2.75, 3.05) is 26.8 Å². The molecular weight excluding hydrogens is 380 g/mol. The van der Waals surface area contributed by atoms with E-state index in [1.54, 1.807) is 16.9 Å². The summed E-state index contributed by atoms with van der Waals surface area (Å²) in [6.07, 6.45) is 0. The van der Waals surface area contributed by atoms with Crippen LogP contribution in [0.4, 0.5) is 0 Å². The Morgan fingerprint density at radius 1 is 1.10 bits per heavy atom.